The van der Waals surface area contributed by atoms with E-state index in [1.165, 1.54) is 18.2 Å². The molecule has 0 saturated heterocycles. The summed E-state index contributed by atoms with van der Waals surface area (Å²) in [4.78, 5) is 23.5. The van der Waals surface area contributed by atoms with Gasteiger partial charge in [0.25, 0.3) is 0 Å². The molecule has 0 aliphatic heterocycles. The van der Waals surface area contributed by atoms with Crippen LogP contribution in [0.1, 0.15) is 60.5 Å². The highest BCUT2D eigenvalue weighted by Gasteiger charge is 2.46. The first-order valence-corrected chi connectivity index (χ1v) is 7.84. The van der Waals surface area contributed by atoms with Crippen LogP contribution in [0.15, 0.2) is 18.2 Å². The Bertz CT molecular complexity index is 590. The lowest BCUT2D eigenvalue weighted by atomic mass is 9.56. The van der Waals surface area contributed by atoms with E-state index < -0.39 is 0 Å². The predicted octanol–water partition coefficient (Wildman–Crippen LogP) is 3.44. The Hall–Kier alpha value is -1.64. The number of hydrogen-bond donors (Lipinski definition) is 0. The van der Waals surface area contributed by atoms with Crippen LogP contribution >= 0.6 is 0 Å². The minimum Gasteiger partial charge on any atom is -0.465 e. The van der Waals surface area contributed by atoms with Gasteiger partial charge in [-0.15, -0.1) is 0 Å². The van der Waals surface area contributed by atoms with Crippen LogP contribution in [0.3, 0.4) is 0 Å². The number of carbonyl (C=O) groups excluding carboxylic acids is 2. The number of fused-ring (bicyclic) bond motifs is 3. The molecule has 1 saturated carbocycles. The number of methoxy groups -OCH3 is 1. The molecule has 2 aliphatic carbocycles. The molecule has 0 bridgehead atoms. The molecule has 1 fully saturated rings. The number of carbonyl (C=O) groups is 2. The van der Waals surface area contributed by atoms with Gasteiger partial charge in [-0.05, 0) is 60.3 Å². The summed E-state index contributed by atoms with van der Waals surface area (Å²) in [6, 6.07) is 5.97. The van der Waals surface area contributed by atoms with Gasteiger partial charge in [0.1, 0.15) is 5.78 Å². The van der Waals surface area contributed by atoms with E-state index in [4.69, 9.17) is 4.74 Å². The lowest BCUT2D eigenvalue weighted by Gasteiger charge is -2.48. The Morgan fingerprint density at radius 3 is 2.90 bits per heavy atom. The molecule has 2 aliphatic rings. The molecular formula is C18H22O3. The van der Waals surface area contributed by atoms with Crippen LogP contribution in [0.5, 0.6) is 0 Å². The normalized spacial score (nSPS) is 27.7. The van der Waals surface area contributed by atoms with Crippen LogP contribution in [0, 0.1) is 5.92 Å². The van der Waals surface area contributed by atoms with Crippen molar-refractivity contribution in [2.24, 2.45) is 5.92 Å². The molecule has 0 aromatic heterocycles. The van der Waals surface area contributed by atoms with Gasteiger partial charge in [0, 0.05) is 12.8 Å². The lowest BCUT2D eigenvalue weighted by molar-refractivity contribution is -0.123. The standard InChI is InChI=1S/C18H22O3/c1-3-18-9-8-15(19)11-14(18)6-4-12-10-13(17(20)21-2)5-7-16(12)18/h5,7,10,14H,3-4,6,8-9,11H2,1-2H3/t14-,18+/m1/s1. The van der Waals surface area contributed by atoms with Crippen molar-refractivity contribution in [3.8, 4) is 0 Å². The van der Waals surface area contributed by atoms with E-state index in [0.717, 1.165) is 32.1 Å². The fourth-order valence-corrected chi connectivity index (χ4v) is 4.39. The molecule has 21 heavy (non-hydrogen) atoms. The third kappa shape index (κ3) is 2.19. The highest BCUT2D eigenvalue weighted by atomic mass is 16.5. The first-order valence-electron chi connectivity index (χ1n) is 7.84. The van der Waals surface area contributed by atoms with Gasteiger partial charge in [-0.1, -0.05) is 13.0 Å². The average molecular weight is 286 g/mol. The van der Waals surface area contributed by atoms with Gasteiger partial charge in [0.2, 0.25) is 0 Å². The van der Waals surface area contributed by atoms with Gasteiger partial charge in [-0.25, -0.2) is 4.79 Å². The third-order valence-electron chi connectivity index (χ3n) is 5.56. The number of hydrogen-bond acceptors (Lipinski definition) is 3. The molecule has 1 aromatic carbocycles. The minimum atomic E-state index is -0.274. The summed E-state index contributed by atoms with van der Waals surface area (Å²) in [6.45, 7) is 2.23. The second kappa shape index (κ2) is 5.28. The van der Waals surface area contributed by atoms with Crippen molar-refractivity contribution in [2.45, 2.75) is 50.9 Å². The molecule has 3 heteroatoms. The second-order valence-electron chi connectivity index (χ2n) is 6.35. The molecule has 2 atom stereocenters. The van der Waals surface area contributed by atoms with Crippen molar-refractivity contribution in [2.75, 3.05) is 7.11 Å². The smallest absolute Gasteiger partial charge is 0.337 e. The summed E-state index contributed by atoms with van der Waals surface area (Å²) < 4.78 is 4.82. The third-order valence-corrected chi connectivity index (χ3v) is 5.56. The van der Waals surface area contributed by atoms with Crippen molar-refractivity contribution in [3.05, 3.63) is 34.9 Å². The number of rotatable bonds is 2. The zero-order chi connectivity index (χ0) is 15.0. The largest absolute Gasteiger partial charge is 0.465 e. The molecule has 0 spiro atoms. The monoisotopic (exact) mass is 286 g/mol. The van der Waals surface area contributed by atoms with Gasteiger partial charge in [0.05, 0.1) is 12.7 Å². The highest BCUT2D eigenvalue weighted by Crippen LogP contribution is 2.51. The first kappa shape index (κ1) is 14.3. The topological polar surface area (TPSA) is 43.4 Å². The van der Waals surface area contributed by atoms with Crippen LogP contribution in [0.2, 0.25) is 0 Å². The molecular weight excluding hydrogens is 264 g/mol. The molecule has 0 unspecified atom stereocenters. The van der Waals surface area contributed by atoms with E-state index in [9.17, 15) is 9.59 Å². The van der Waals surface area contributed by atoms with Gasteiger partial charge < -0.3 is 4.74 Å². The number of Topliss-reactive ketones (excluding diaryl/α,β-unsaturated/α-hetero) is 1. The van der Waals surface area contributed by atoms with E-state index in [1.54, 1.807) is 0 Å². The Kier molecular flexibility index (Phi) is 3.60. The minimum absolute atomic E-state index is 0.135. The Morgan fingerprint density at radius 2 is 2.19 bits per heavy atom. The van der Waals surface area contributed by atoms with Crippen molar-refractivity contribution in [1.82, 2.24) is 0 Å². The van der Waals surface area contributed by atoms with Gasteiger partial charge in [-0.3, -0.25) is 4.79 Å². The maximum atomic E-state index is 11.8. The summed E-state index contributed by atoms with van der Waals surface area (Å²) in [5, 5.41) is 0. The zero-order valence-electron chi connectivity index (χ0n) is 12.8. The average Bonchev–Trinajstić information content (AvgIpc) is 2.53. The van der Waals surface area contributed by atoms with Crippen LogP contribution in [0.4, 0.5) is 0 Å². The van der Waals surface area contributed by atoms with Crippen LogP contribution in [-0.4, -0.2) is 18.9 Å². The Balaban J connectivity index is 2.04. The fraction of sp³-hybridized carbons (Fsp3) is 0.556. The summed E-state index contributed by atoms with van der Waals surface area (Å²) in [5.41, 5.74) is 3.40. The molecule has 0 heterocycles. The fourth-order valence-electron chi connectivity index (χ4n) is 4.39. The van der Waals surface area contributed by atoms with E-state index in [0.29, 0.717) is 23.7 Å². The predicted molar refractivity (Wildman–Crippen MR) is 80.4 cm³/mol. The summed E-state index contributed by atoms with van der Waals surface area (Å²) >= 11 is 0. The van der Waals surface area contributed by atoms with Crippen LogP contribution < -0.4 is 0 Å². The first-order chi connectivity index (χ1) is 10.1. The Labute approximate surface area is 125 Å². The van der Waals surface area contributed by atoms with E-state index in [1.807, 2.05) is 12.1 Å². The van der Waals surface area contributed by atoms with Crippen molar-refractivity contribution >= 4 is 11.8 Å². The second-order valence-corrected chi connectivity index (χ2v) is 6.35. The van der Waals surface area contributed by atoms with Gasteiger partial charge >= 0.3 is 5.97 Å². The molecule has 1 aromatic rings. The maximum Gasteiger partial charge on any atom is 0.337 e. The number of benzene rings is 1. The van der Waals surface area contributed by atoms with E-state index >= 15 is 0 Å². The van der Waals surface area contributed by atoms with E-state index in [2.05, 4.69) is 13.0 Å². The number of ketones is 1. The highest BCUT2D eigenvalue weighted by molar-refractivity contribution is 5.89. The number of ether oxygens (including phenoxy) is 1. The van der Waals surface area contributed by atoms with Crippen LogP contribution in [-0.2, 0) is 21.4 Å². The molecule has 112 valence electrons. The summed E-state index contributed by atoms with van der Waals surface area (Å²) in [5.74, 6) is 0.614. The summed E-state index contributed by atoms with van der Waals surface area (Å²) in [6.07, 6.45) is 5.46. The van der Waals surface area contributed by atoms with Gasteiger partial charge in [-0.2, -0.15) is 0 Å². The number of aryl methyl sites for hydroxylation is 1. The van der Waals surface area contributed by atoms with Crippen LogP contribution in [0.25, 0.3) is 0 Å². The molecule has 3 rings (SSSR count). The Morgan fingerprint density at radius 1 is 1.38 bits per heavy atom. The van der Waals surface area contributed by atoms with Crippen molar-refractivity contribution in [1.29, 1.82) is 0 Å². The number of esters is 1. The SMILES string of the molecule is CC[C@]12CCC(=O)C[C@H]1CCc1cc(C(=O)OC)ccc12. The molecule has 0 amide bonds. The van der Waals surface area contributed by atoms with Crippen molar-refractivity contribution in [3.63, 3.8) is 0 Å². The van der Waals surface area contributed by atoms with E-state index in [-0.39, 0.29) is 11.4 Å². The molecule has 0 radical (unpaired) electrons. The summed E-state index contributed by atoms with van der Waals surface area (Å²) in [7, 11) is 1.41. The van der Waals surface area contributed by atoms with Gasteiger partial charge in [0.15, 0.2) is 0 Å². The zero-order valence-corrected chi connectivity index (χ0v) is 12.8. The van der Waals surface area contributed by atoms with Crippen molar-refractivity contribution < 1.29 is 14.3 Å². The molecule has 0 N–H and O–H groups in total. The molecule has 3 nitrogen and oxygen atoms in total. The maximum absolute atomic E-state index is 11.8. The lowest BCUT2D eigenvalue weighted by Crippen LogP contribution is -2.43. The quantitative estimate of drug-likeness (QED) is 0.782.